The molecule has 0 bridgehead atoms. The van der Waals surface area contributed by atoms with E-state index >= 15 is 0 Å². The number of aromatic nitrogens is 1. The maximum absolute atomic E-state index is 4.74. The monoisotopic (exact) mass is 219 g/mol. The van der Waals surface area contributed by atoms with Gasteiger partial charge in [-0.1, -0.05) is 0 Å². The highest BCUT2D eigenvalue weighted by Crippen LogP contribution is 2.19. The Kier molecular flexibility index (Phi) is 2.89. The molecule has 0 aliphatic rings. The van der Waals surface area contributed by atoms with Gasteiger partial charge in [-0.3, -0.25) is 0 Å². The largest absolute Gasteiger partial charge is 0.504 e. The molecule has 0 radical (unpaired) electrons. The fourth-order valence-corrected chi connectivity index (χ4v) is 1.67. The van der Waals surface area contributed by atoms with Crippen LogP contribution in [0.15, 0.2) is 16.4 Å². The normalized spacial score (nSPS) is 10.6. The Hall–Kier alpha value is -0.350. The van der Waals surface area contributed by atoms with Crippen molar-refractivity contribution in [2.75, 3.05) is 7.11 Å². The zero-order valence-electron chi connectivity index (χ0n) is 5.37. The van der Waals surface area contributed by atoms with Gasteiger partial charge in [0, 0.05) is 6.20 Å². The van der Waals surface area contributed by atoms with Crippen molar-refractivity contribution in [1.82, 2.24) is 4.98 Å². The van der Waals surface area contributed by atoms with Gasteiger partial charge in [-0.05, 0) is 22.0 Å². The van der Waals surface area contributed by atoms with Crippen molar-refractivity contribution in [1.29, 1.82) is 0 Å². The lowest BCUT2D eigenvalue weighted by Crippen LogP contribution is -1.62. The number of halogens is 1. The Labute approximate surface area is 71.7 Å². The van der Waals surface area contributed by atoms with Crippen molar-refractivity contribution in [3.63, 3.8) is 0 Å². The molecule has 54 valence electrons. The number of thiazole rings is 1. The van der Waals surface area contributed by atoms with Crippen LogP contribution in [-0.2, 0) is 4.74 Å². The lowest BCUT2D eigenvalue weighted by Gasteiger charge is -1.82. The molecule has 0 aliphatic carbocycles. The van der Waals surface area contributed by atoms with Gasteiger partial charge in [-0.15, -0.1) is 11.3 Å². The van der Waals surface area contributed by atoms with Crippen LogP contribution in [0.3, 0.4) is 0 Å². The number of rotatable bonds is 2. The summed E-state index contributed by atoms with van der Waals surface area (Å²) in [5.74, 6) is 0. The predicted molar refractivity (Wildman–Crippen MR) is 45.9 cm³/mol. The number of methoxy groups -OCH3 is 1. The summed E-state index contributed by atoms with van der Waals surface area (Å²) in [6.07, 6.45) is 5.27. The van der Waals surface area contributed by atoms with Crippen LogP contribution >= 0.6 is 27.3 Å². The van der Waals surface area contributed by atoms with Gasteiger partial charge in [0.2, 0.25) is 0 Å². The average molecular weight is 220 g/mol. The minimum absolute atomic E-state index is 0.892. The molecular weight excluding hydrogens is 214 g/mol. The van der Waals surface area contributed by atoms with E-state index in [1.54, 1.807) is 30.9 Å². The van der Waals surface area contributed by atoms with Gasteiger partial charge in [-0.2, -0.15) is 0 Å². The molecule has 1 aromatic heterocycles. The molecule has 0 aliphatic heterocycles. The Morgan fingerprint density at radius 2 is 2.60 bits per heavy atom. The van der Waals surface area contributed by atoms with Crippen LogP contribution in [0.2, 0.25) is 0 Å². The lowest BCUT2D eigenvalue weighted by molar-refractivity contribution is 0.341. The van der Waals surface area contributed by atoms with Crippen molar-refractivity contribution in [2.24, 2.45) is 0 Å². The SMILES string of the molecule is COC=Cc1cnc(Br)s1. The highest BCUT2D eigenvalue weighted by molar-refractivity contribution is 9.11. The van der Waals surface area contributed by atoms with Crippen LogP contribution in [0.5, 0.6) is 0 Å². The van der Waals surface area contributed by atoms with Crippen LogP contribution in [-0.4, -0.2) is 12.1 Å². The molecule has 0 N–H and O–H groups in total. The molecule has 0 saturated carbocycles. The molecule has 1 heterocycles. The first-order valence-corrected chi connectivity index (χ1v) is 4.24. The Bertz CT molecular complexity index is 233. The topological polar surface area (TPSA) is 22.1 Å². The van der Waals surface area contributed by atoms with E-state index < -0.39 is 0 Å². The molecule has 0 spiro atoms. The Balaban J connectivity index is 2.67. The first-order valence-electron chi connectivity index (χ1n) is 2.63. The van der Waals surface area contributed by atoms with Gasteiger partial charge in [0.25, 0.3) is 0 Å². The van der Waals surface area contributed by atoms with E-state index in [2.05, 4.69) is 20.9 Å². The van der Waals surface area contributed by atoms with Crippen molar-refractivity contribution < 1.29 is 4.74 Å². The molecule has 0 aromatic carbocycles. The van der Waals surface area contributed by atoms with Crippen LogP contribution in [0.1, 0.15) is 4.88 Å². The second-order valence-corrected chi connectivity index (χ2v) is 3.89. The van der Waals surface area contributed by atoms with Gasteiger partial charge in [0.1, 0.15) is 0 Å². The quantitative estimate of drug-likeness (QED) is 0.714. The van der Waals surface area contributed by atoms with Crippen molar-refractivity contribution in [2.45, 2.75) is 0 Å². The summed E-state index contributed by atoms with van der Waals surface area (Å²) in [7, 11) is 1.62. The molecule has 4 heteroatoms. The van der Waals surface area contributed by atoms with Crippen LogP contribution in [0.4, 0.5) is 0 Å². The van der Waals surface area contributed by atoms with Crippen molar-refractivity contribution in [3.8, 4) is 0 Å². The number of ether oxygens (including phenoxy) is 1. The van der Waals surface area contributed by atoms with Gasteiger partial charge < -0.3 is 4.74 Å². The first-order chi connectivity index (χ1) is 4.83. The Morgan fingerprint density at radius 3 is 3.10 bits per heavy atom. The third-order valence-corrected chi connectivity index (χ3v) is 2.31. The Morgan fingerprint density at radius 1 is 1.80 bits per heavy atom. The summed E-state index contributed by atoms with van der Waals surface area (Å²) in [6, 6.07) is 0. The smallest absolute Gasteiger partial charge is 0.159 e. The van der Waals surface area contributed by atoms with Crippen LogP contribution in [0, 0.1) is 0 Å². The second kappa shape index (κ2) is 3.73. The van der Waals surface area contributed by atoms with Gasteiger partial charge in [-0.25, -0.2) is 4.98 Å². The van der Waals surface area contributed by atoms with Gasteiger partial charge in [0.15, 0.2) is 3.92 Å². The summed E-state index contributed by atoms with van der Waals surface area (Å²) < 4.78 is 5.63. The average Bonchev–Trinajstić information content (AvgIpc) is 2.31. The molecule has 0 fully saturated rings. The molecule has 2 nitrogen and oxygen atoms in total. The van der Waals surface area contributed by atoms with E-state index in [1.807, 2.05) is 6.08 Å². The van der Waals surface area contributed by atoms with E-state index in [-0.39, 0.29) is 0 Å². The lowest BCUT2D eigenvalue weighted by atomic mass is 10.5. The van der Waals surface area contributed by atoms with E-state index in [0.29, 0.717) is 0 Å². The summed E-state index contributed by atoms with van der Waals surface area (Å²) in [6.45, 7) is 0. The summed E-state index contributed by atoms with van der Waals surface area (Å²) in [5.41, 5.74) is 0. The zero-order chi connectivity index (χ0) is 7.40. The van der Waals surface area contributed by atoms with E-state index in [4.69, 9.17) is 4.74 Å². The summed E-state index contributed by atoms with van der Waals surface area (Å²) in [4.78, 5) is 5.08. The zero-order valence-corrected chi connectivity index (χ0v) is 7.78. The van der Waals surface area contributed by atoms with Crippen LogP contribution < -0.4 is 0 Å². The predicted octanol–water partition coefficient (Wildman–Crippen LogP) is 2.52. The number of hydrogen-bond acceptors (Lipinski definition) is 3. The fraction of sp³-hybridized carbons (Fsp3) is 0.167. The van der Waals surface area contributed by atoms with Gasteiger partial charge in [0.05, 0.1) is 18.2 Å². The molecule has 0 amide bonds. The maximum atomic E-state index is 4.74. The molecule has 0 atom stereocenters. The third-order valence-electron chi connectivity index (χ3n) is 0.864. The second-order valence-electron chi connectivity index (χ2n) is 1.55. The summed E-state index contributed by atoms with van der Waals surface area (Å²) >= 11 is 4.82. The molecular formula is C6H6BrNOS. The highest BCUT2D eigenvalue weighted by atomic mass is 79.9. The van der Waals surface area contributed by atoms with Crippen LogP contribution in [0.25, 0.3) is 6.08 Å². The standard InChI is InChI=1S/C6H6BrNOS/c1-9-3-2-5-4-8-6(7)10-5/h2-4H,1H3. The summed E-state index contributed by atoms with van der Waals surface area (Å²) in [5, 5.41) is 0. The van der Waals surface area contributed by atoms with E-state index in [0.717, 1.165) is 8.79 Å². The fourth-order valence-electron chi connectivity index (χ4n) is 0.476. The van der Waals surface area contributed by atoms with Gasteiger partial charge >= 0.3 is 0 Å². The maximum Gasteiger partial charge on any atom is 0.159 e. The highest BCUT2D eigenvalue weighted by Gasteiger charge is 1.92. The van der Waals surface area contributed by atoms with Crippen molar-refractivity contribution >= 4 is 33.3 Å². The number of nitrogens with zero attached hydrogens (tertiary/aromatic N) is 1. The molecule has 10 heavy (non-hydrogen) atoms. The first kappa shape index (κ1) is 7.75. The third kappa shape index (κ3) is 2.11. The number of hydrogen-bond donors (Lipinski definition) is 0. The van der Waals surface area contributed by atoms with Crippen molar-refractivity contribution in [3.05, 3.63) is 21.3 Å². The molecule has 0 unspecified atom stereocenters. The molecule has 0 saturated heterocycles. The molecule has 1 rings (SSSR count). The van der Waals surface area contributed by atoms with E-state index in [9.17, 15) is 0 Å². The minimum atomic E-state index is 0.892. The molecule has 1 aromatic rings. The minimum Gasteiger partial charge on any atom is -0.504 e. The van der Waals surface area contributed by atoms with E-state index in [1.165, 1.54) is 0 Å².